The van der Waals surface area contributed by atoms with Gasteiger partial charge in [0.1, 0.15) is 0 Å². The zero-order valence-electron chi connectivity index (χ0n) is 12.0. The van der Waals surface area contributed by atoms with Gasteiger partial charge in [-0.1, -0.05) is 30.3 Å². The molecule has 0 aliphatic carbocycles. The van der Waals surface area contributed by atoms with Crippen LogP contribution >= 0.6 is 0 Å². The SMILES string of the molecule is CN1CCN(C(=O)C(N)(O)CCc2ccccc2)CC1. The number of aliphatic hydroxyl groups is 1. The maximum atomic E-state index is 12.3. The number of likely N-dealkylation sites (N-methyl/N-ethyl adjacent to an activating group) is 1. The molecule has 3 N–H and O–H groups in total. The first kappa shape index (κ1) is 15.0. The van der Waals surface area contributed by atoms with Crippen molar-refractivity contribution >= 4 is 5.91 Å². The summed E-state index contributed by atoms with van der Waals surface area (Å²) in [5.74, 6) is -0.360. The molecule has 1 saturated heterocycles. The Morgan fingerprint density at radius 3 is 2.45 bits per heavy atom. The van der Waals surface area contributed by atoms with E-state index in [0.29, 0.717) is 19.5 Å². The number of nitrogens with two attached hydrogens (primary N) is 1. The summed E-state index contributed by atoms with van der Waals surface area (Å²) in [6, 6.07) is 9.75. The predicted octanol–water partition coefficient (Wildman–Crippen LogP) is 0.0405. The fourth-order valence-corrected chi connectivity index (χ4v) is 2.37. The van der Waals surface area contributed by atoms with Gasteiger partial charge in [-0.2, -0.15) is 0 Å². The predicted molar refractivity (Wildman–Crippen MR) is 78.0 cm³/mol. The monoisotopic (exact) mass is 277 g/mol. The van der Waals surface area contributed by atoms with Gasteiger partial charge in [-0.25, -0.2) is 0 Å². The molecule has 0 spiro atoms. The average molecular weight is 277 g/mol. The van der Waals surface area contributed by atoms with Gasteiger partial charge in [0, 0.05) is 32.6 Å². The number of carbonyl (C=O) groups excluding carboxylic acids is 1. The Morgan fingerprint density at radius 2 is 1.85 bits per heavy atom. The molecule has 1 unspecified atom stereocenters. The van der Waals surface area contributed by atoms with Crippen molar-refractivity contribution < 1.29 is 9.90 Å². The molecule has 1 aliphatic rings. The van der Waals surface area contributed by atoms with E-state index in [4.69, 9.17) is 5.73 Å². The third kappa shape index (κ3) is 3.79. The first-order valence-corrected chi connectivity index (χ1v) is 7.02. The summed E-state index contributed by atoms with van der Waals surface area (Å²) in [4.78, 5) is 16.1. The minimum Gasteiger partial charge on any atom is -0.368 e. The van der Waals surface area contributed by atoms with Crippen LogP contribution in [-0.2, 0) is 11.2 Å². The second-order valence-corrected chi connectivity index (χ2v) is 5.51. The lowest BCUT2D eigenvalue weighted by molar-refractivity contribution is -0.153. The lowest BCUT2D eigenvalue weighted by atomic mass is 10.0. The molecule has 5 nitrogen and oxygen atoms in total. The van der Waals surface area contributed by atoms with E-state index < -0.39 is 5.72 Å². The Morgan fingerprint density at radius 1 is 1.25 bits per heavy atom. The molecule has 1 aromatic carbocycles. The molecule has 1 aliphatic heterocycles. The van der Waals surface area contributed by atoms with Crippen LogP contribution in [0.5, 0.6) is 0 Å². The summed E-state index contributed by atoms with van der Waals surface area (Å²) in [5.41, 5.74) is 5.12. The number of carbonyl (C=O) groups is 1. The fraction of sp³-hybridized carbons (Fsp3) is 0.533. The molecule has 0 aromatic heterocycles. The van der Waals surface area contributed by atoms with E-state index in [0.717, 1.165) is 18.7 Å². The van der Waals surface area contributed by atoms with Gasteiger partial charge in [0.25, 0.3) is 5.91 Å². The molecule has 1 atom stereocenters. The lowest BCUT2D eigenvalue weighted by Gasteiger charge is -2.36. The highest BCUT2D eigenvalue weighted by molar-refractivity contribution is 5.84. The number of amides is 1. The largest absolute Gasteiger partial charge is 0.368 e. The van der Waals surface area contributed by atoms with E-state index in [1.54, 1.807) is 4.90 Å². The Kier molecular flexibility index (Phi) is 4.75. The quantitative estimate of drug-likeness (QED) is 0.763. The summed E-state index contributed by atoms with van der Waals surface area (Å²) in [5, 5.41) is 10.2. The number of benzene rings is 1. The maximum absolute atomic E-state index is 12.3. The number of aryl methyl sites for hydroxylation is 1. The summed E-state index contributed by atoms with van der Waals surface area (Å²) in [6.45, 7) is 2.89. The van der Waals surface area contributed by atoms with Crippen molar-refractivity contribution in [1.29, 1.82) is 0 Å². The maximum Gasteiger partial charge on any atom is 0.269 e. The van der Waals surface area contributed by atoms with Crippen LogP contribution in [0.3, 0.4) is 0 Å². The number of hydrogen-bond donors (Lipinski definition) is 2. The van der Waals surface area contributed by atoms with E-state index in [9.17, 15) is 9.90 Å². The van der Waals surface area contributed by atoms with Gasteiger partial charge in [0.05, 0.1) is 0 Å². The van der Waals surface area contributed by atoms with Crippen molar-refractivity contribution in [3.8, 4) is 0 Å². The third-order valence-electron chi connectivity index (χ3n) is 3.80. The van der Waals surface area contributed by atoms with Crippen molar-refractivity contribution in [2.24, 2.45) is 5.73 Å². The molecule has 0 bridgehead atoms. The van der Waals surface area contributed by atoms with Gasteiger partial charge < -0.3 is 14.9 Å². The van der Waals surface area contributed by atoms with Crippen LogP contribution in [0, 0.1) is 0 Å². The topological polar surface area (TPSA) is 69.8 Å². The van der Waals surface area contributed by atoms with Gasteiger partial charge in [0.2, 0.25) is 0 Å². The number of piperazine rings is 1. The molecule has 1 amide bonds. The van der Waals surface area contributed by atoms with Crippen molar-refractivity contribution in [2.45, 2.75) is 18.6 Å². The minimum absolute atomic E-state index is 0.238. The highest BCUT2D eigenvalue weighted by Crippen LogP contribution is 2.14. The summed E-state index contributed by atoms with van der Waals surface area (Å²) < 4.78 is 0. The molecule has 0 radical (unpaired) electrons. The van der Waals surface area contributed by atoms with E-state index in [1.165, 1.54) is 0 Å². The summed E-state index contributed by atoms with van der Waals surface area (Å²) in [6.07, 6.45) is 0.829. The Balaban J connectivity index is 1.90. The zero-order chi connectivity index (χ0) is 14.6. The Hall–Kier alpha value is -1.43. The van der Waals surface area contributed by atoms with E-state index in [-0.39, 0.29) is 12.3 Å². The normalized spacial score (nSPS) is 19.6. The van der Waals surface area contributed by atoms with Crippen LogP contribution in [0.4, 0.5) is 0 Å². The molecule has 110 valence electrons. The van der Waals surface area contributed by atoms with Gasteiger partial charge >= 0.3 is 0 Å². The Labute approximate surface area is 120 Å². The summed E-state index contributed by atoms with van der Waals surface area (Å²) in [7, 11) is 2.02. The molecule has 5 heteroatoms. The fourth-order valence-electron chi connectivity index (χ4n) is 2.37. The van der Waals surface area contributed by atoms with Gasteiger partial charge in [-0.15, -0.1) is 0 Å². The van der Waals surface area contributed by atoms with Crippen molar-refractivity contribution in [3.05, 3.63) is 35.9 Å². The first-order chi connectivity index (χ1) is 9.49. The average Bonchev–Trinajstić information content (AvgIpc) is 2.46. The smallest absolute Gasteiger partial charge is 0.269 e. The first-order valence-electron chi connectivity index (χ1n) is 7.02. The van der Waals surface area contributed by atoms with E-state index >= 15 is 0 Å². The molecule has 1 aromatic rings. The molecule has 1 heterocycles. The summed E-state index contributed by atoms with van der Waals surface area (Å²) >= 11 is 0. The number of nitrogens with zero attached hydrogens (tertiary/aromatic N) is 2. The van der Waals surface area contributed by atoms with Crippen LogP contribution in [0.15, 0.2) is 30.3 Å². The third-order valence-corrected chi connectivity index (χ3v) is 3.80. The van der Waals surface area contributed by atoms with Crippen LogP contribution in [0.2, 0.25) is 0 Å². The highest BCUT2D eigenvalue weighted by Gasteiger charge is 2.35. The van der Waals surface area contributed by atoms with Crippen molar-refractivity contribution in [1.82, 2.24) is 9.80 Å². The second-order valence-electron chi connectivity index (χ2n) is 5.51. The zero-order valence-corrected chi connectivity index (χ0v) is 12.0. The van der Waals surface area contributed by atoms with Crippen LogP contribution in [0.1, 0.15) is 12.0 Å². The van der Waals surface area contributed by atoms with Gasteiger partial charge in [-0.05, 0) is 19.0 Å². The van der Waals surface area contributed by atoms with Crippen LogP contribution < -0.4 is 5.73 Å². The van der Waals surface area contributed by atoms with Gasteiger partial charge in [0.15, 0.2) is 5.72 Å². The Bertz CT molecular complexity index is 440. The van der Waals surface area contributed by atoms with Crippen LogP contribution in [-0.4, -0.2) is 59.8 Å². The highest BCUT2D eigenvalue weighted by atomic mass is 16.3. The van der Waals surface area contributed by atoms with Gasteiger partial charge in [-0.3, -0.25) is 10.5 Å². The number of hydrogen-bond acceptors (Lipinski definition) is 4. The minimum atomic E-state index is -1.77. The van der Waals surface area contributed by atoms with E-state index in [1.807, 2.05) is 37.4 Å². The molecular weight excluding hydrogens is 254 g/mol. The van der Waals surface area contributed by atoms with Crippen molar-refractivity contribution in [2.75, 3.05) is 33.2 Å². The second kappa shape index (κ2) is 6.35. The van der Waals surface area contributed by atoms with Crippen molar-refractivity contribution in [3.63, 3.8) is 0 Å². The molecule has 0 saturated carbocycles. The van der Waals surface area contributed by atoms with E-state index in [2.05, 4.69) is 4.90 Å². The van der Waals surface area contributed by atoms with Crippen LogP contribution in [0.25, 0.3) is 0 Å². The lowest BCUT2D eigenvalue weighted by Crippen LogP contribution is -2.59. The molecular formula is C15H23N3O2. The molecule has 1 fully saturated rings. The molecule has 20 heavy (non-hydrogen) atoms. The number of rotatable bonds is 4. The standard InChI is InChI=1S/C15H23N3O2/c1-17-9-11-18(12-10-17)14(19)15(16,20)8-7-13-5-3-2-4-6-13/h2-6,20H,7-12,16H2,1H3. The molecule has 2 rings (SSSR count).